The van der Waals surface area contributed by atoms with Crippen LogP contribution in [0.3, 0.4) is 0 Å². The third-order valence-corrected chi connectivity index (χ3v) is 3.42. The molecule has 0 heterocycles. The Morgan fingerprint density at radius 1 is 1.35 bits per heavy atom. The highest BCUT2D eigenvalue weighted by Crippen LogP contribution is 2.21. The molecule has 1 rings (SSSR count). The van der Waals surface area contributed by atoms with Gasteiger partial charge < -0.3 is 16.2 Å². The third-order valence-electron chi connectivity index (χ3n) is 2.20. The van der Waals surface area contributed by atoms with Crippen LogP contribution >= 0.6 is 23.4 Å². The Labute approximate surface area is 124 Å². The van der Waals surface area contributed by atoms with Gasteiger partial charge in [-0.25, -0.2) is 4.79 Å². The van der Waals surface area contributed by atoms with E-state index in [0.717, 1.165) is 0 Å². The number of carbonyl (C=O) groups is 3. The minimum Gasteiger partial charge on any atom is -0.478 e. The number of anilines is 1. The van der Waals surface area contributed by atoms with E-state index in [1.165, 1.54) is 30.0 Å². The number of nitrogens with one attached hydrogen (secondary N) is 1. The molecule has 1 aromatic carbocycles. The molecule has 0 aliphatic heterocycles. The largest absolute Gasteiger partial charge is 0.478 e. The lowest BCUT2D eigenvalue weighted by atomic mass is 10.1. The molecule has 2 amide bonds. The van der Waals surface area contributed by atoms with Crippen LogP contribution in [-0.2, 0) is 9.59 Å². The van der Waals surface area contributed by atoms with Crippen molar-refractivity contribution in [2.45, 2.75) is 6.42 Å². The van der Waals surface area contributed by atoms with E-state index >= 15 is 0 Å². The van der Waals surface area contributed by atoms with Crippen molar-refractivity contribution in [3.63, 3.8) is 0 Å². The van der Waals surface area contributed by atoms with E-state index in [0.29, 0.717) is 5.75 Å². The van der Waals surface area contributed by atoms with Crippen molar-refractivity contribution in [2.24, 2.45) is 5.73 Å². The van der Waals surface area contributed by atoms with Gasteiger partial charge >= 0.3 is 5.97 Å². The van der Waals surface area contributed by atoms with Crippen molar-refractivity contribution in [3.05, 3.63) is 28.8 Å². The summed E-state index contributed by atoms with van der Waals surface area (Å²) in [6, 6.07) is 4.19. The maximum absolute atomic E-state index is 11.7. The van der Waals surface area contributed by atoms with Gasteiger partial charge in [0, 0.05) is 17.2 Å². The lowest BCUT2D eigenvalue weighted by Gasteiger charge is -2.08. The predicted octanol–water partition coefficient (Wildman–Crippen LogP) is 1.59. The highest BCUT2D eigenvalue weighted by atomic mass is 35.5. The number of carbonyl (C=O) groups excluding carboxylic acids is 2. The predicted molar refractivity (Wildman–Crippen MR) is 78.2 cm³/mol. The fourth-order valence-corrected chi connectivity index (χ4v) is 2.20. The maximum Gasteiger partial charge on any atom is 0.337 e. The van der Waals surface area contributed by atoms with Crippen molar-refractivity contribution in [1.82, 2.24) is 0 Å². The summed E-state index contributed by atoms with van der Waals surface area (Å²) in [7, 11) is 0. The highest BCUT2D eigenvalue weighted by Gasteiger charge is 2.13. The molecule has 0 spiro atoms. The van der Waals surface area contributed by atoms with E-state index < -0.39 is 11.9 Å². The van der Waals surface area contributed by atoms with Crippen LogP contribution in [-0.4, -0.2) is 34.4 Å². The molecule has 0 unspecified atom stereocenters. The van der Waals surface area contributed by atoms with Gasteiger partial charge in [0.05, 0.1) is 17.0 Å². The Morgan fingerprint density at radius 3 is 2.65 bits per heavy atom. The van der Waals surface area contributed by atoms with Crippen molar-refractivity contribution in [1.29, 1.82) is 0 Å². The molecule has 0 saturated heterocycles. The Hall–Kier alpha value is -1.73. The van der Waals surface area contributed by atoms with Crippen LogP contribution in [0.1, 0.15) is 16.8 Å². The van der Waals surface area contributed by atoms with Crippen LogP contribution in [0.4, 0.5) is 5.69 Å². The molecule has 8 heteroatoms. The van der Waals surface area contributed by atoms with Crippen LogP contribution < -0.4 is 11.1 Å². The number of halogens is 1. The van der Waals surface area contributed by atoms with Crippen LogP contribution in [0.15, 0.2) is 18.2 Å². The fraction of sp³-hybridized carbons (Fsp3) is 0.250. The van der Waals surface area contributed by atoms with Crippen molar-refractivity contribution in [3.8, 4) is 0 Å². The standard InChI is InChI=1S/C12H13ClN2O4S/c13-7-1-2-9(8(5-7)12(18)19)15-11(17)3-4-20-6-10(14)16/h1-2,5H,3-4,6H2,(H2,14,16)(H,15,17)(H,18,19). The Bertz CT molecular complexity index is 536. The second-order valence-corrected chi connectivity index (χ2v) is 5.35. The molecule has 0 aliphatic rings. The van der Waals surface area contributed by atoms with Gasteiger partial charge in [0.1, 0.15) is 0 Å². The van der Waals surface area contributed by atoms with Crippen molar-refractivity contribution < 1.29 is 19.5 Å². The molecule has 0 atom stereocenters. The highest BCUT2D eigenvalue weighted by molar-refractivity contribution is 7.99. The zero-order chi connectivity index (χ0) is 15.1. The number of rotatable bonds is 7. The summed E-state index contributed by atoms with van der Waals surface area (Å²) in [5.74, 6) is -1.39. The first-order chi connectivity index (χ1) is 9.40. The number of hydrogen-bond donors (Lipinski definition) is 3. The van der Waals surface area contributed by atoms with Gasteiger partial charge in [0.2, 0.25) is 11.8 Å². The molecule has 0 aliphatic carbocycles. The van der Waals surface area contributed by atoms with E-state index in [1.807, 2.05) is 0 Å². The topological polar surface area (TPSA) is 109 Å². The molecule has 6 nitrogen and oxygen atoms in total. The van der Waals surface area contributed by atoms with E-state index in [9.17, 15) is 14.4 Å². The number of carboxylic acid groups (broad SMARTS) is 1. The molecule has 0 fully saturated rings. The van der Waals surface area contributed by atoms with Crippen LogP contribution in [0.25, 0.3) is 0 Å². The van der Waals surface area contributed by atoms with Crippen LogP contribution in [0, 0.1) is 0 Å². The normalized spacial score (nSPS) is 10.1. The number of hydrogen-bond acceptors (Lipinski definition) is 4. The molecule has 108 valence electrons. The summed E-state index contributed by atoms with van der Waals surface area (Å²) in [6.45, 7) is 0. The number of nitrogens with two attached hydrogens (primary N) is 1. The molecule has 0 bridgehead atoms. The molecular formula is C12H13ClN2O4S. The first-order valence-electron chi connectivity index (χ1n) is 5.59. The number of amides is 2. The monoisotopic (exact) mass is 316 g/mol. The van der Waals surface area contributed by atoms with Gasteiger partial charge in [0.15, 0.2) is 0 Å². The molecule has 4 N–H and O–H groups in total. The zero-order valence-corrected chi connectivity index (χ0v) is 12.0. The molecule has 0 radical (unpaired) electrons. The lowest BCUT2D eigenvalue weighted by molar-refractivity contribution is -0.116. The minimum absolute atomic E-state index is 0.0735. The van der Waals surface area contributed by atoms with E-state index in [4.69, 9.17) is 22.4 Å². The smallest absolute Gasteiger partial charge is 0.337 e. The summed E-state index contributed by atoms with van der Waals surface area (Å²) in [5.41, 5.74) is 5.08. The summed E-state index contributed by atoms with van der Waals surface area (Å²) < 4.78 is 0. The summed E-state index contributed by atoms with van der Waals surface area (Å²) in [6.07, 6.45) is 0.152. The number of benzene rings is 1. The second-order valence-electron chi connectivity index (χ2n) is 3.81. The number of primary amides is 1. The molecule has 0 aromatic heterocycles. The van der Waals surface area contributed by atoms with Crippen molar-refractivity contribution in [2.75, 3.05) is 16.8 Å². The first kappa shape index (κ1) is 16.3. The van der Waals surface area contributed by atoms with E-state index in [-0.39, 0.29) is 34.4 Å². The summed E-state index contributed by atoms with van der Waals surface area (Å²) >= 11 is 6.95. The van der Waals surface area contributed by atoms with Gasteiger partial charge in [-0.2, -0.15) is 11.8 Å². The molecule has 20 heavy (non-hydrogen) atoms. The average Bonchev–Trinajstić information content (AvgIpc) is 2.36. The Morgan fingerprint density at radius 2 is 2.05 bits per heavy atom. The van der Waals surface area contributed by atoms with Gasteiger partial charge in [-0.15, -0.1) is 0 Å². The van der Waals surface area contributed by atoms with E-state index in [1.54, 1.807) is 0 Å². The Kier molecular flexibility index (Phi) is 6.33. The lowest BCUT2D eigenvalue weighted by Crippen LogP contribution is -2.17. The third kappa shape index (κ3) is 5.50. The summed E-state index contributed by atoms with van der Waals surface area (Å²) in [5, 5.41) is 11.8. The van der Waals surface area contributed by atoms with Gasteiger partial charge in [-0.3, -0.25) is 9.59 Å². The number of carboxylic acids is 1. The number of thioether (sulfide) groups is 1. The molecule has 1 aromatic rings. The van der Waals surface area contributed by atoms with Crippen LogP contribution in [0.5, 0.6) is 0 Å². The van der Waals surface area contributed by atoms with Gasteiger partial charge in [-0.1, -0.05) is 11.6 Å². The minimum atomic E-state index is -1.18. The van der Waals surface area contributed by atoms with E-state index in [2.05, 4.69) is 5.32 Å². The molecular weight excluding hydrogens is 304 g/mol. The first-order valence-corrected chi connectivity index (χ1v) is 7.12. The Balaban J connectivity index is 2.57. The summed E-state index contributed by atoms with van der Waals surface area (Å²) in [4.78, 5) is 33.2. The quantitative estimate of drug-likeness (QED) is 0.662. The molecule has 0 saturated carbocycles. The average molecular weight is 317 g/mol. The van der Waals surface area contributed by atoms with Gasteiger partial charge in [-0.05, 0) is 18.2 Å². The SMILES string of the molecule is NC(=O)CSCCC(=O)Nc1ccc(Cl)cc1C(=O)O. The zero-order valence-electron chi connectivity index (χ0n) is 10.4. The second kappa shape index (κ2) is 7.76. The van der Waals surface area contributed by atoms with Crippen LogP contribution in [0.2, 0.25) is 5.02 Å². The van der Waals surface area contributed by atoms with Crippen molar-refractivity contribution >= 4 is 46.8 Å². The maximum atomic E-state index is 11.7. The fourth-order valence-electron chi connectivity index (χ4n) is 1.35. The van der Waals surface area contributed by atoms with Gasteiger partial charge in [0.25, 0.3) is 0 Å². The number of aromatic carboxylic acids is 1.